The number of amides is 1. The number of benzene rings is 4. The molecule has 0 fully saturated rings. The van der Waals surface area contributed by atoms with Crippen LogP contribution in [0.3, 0.4) is 0 Å². The third-order valence-electron chi connectivity index (χ3n) is 5.45. The molecule has 0 saturated carbocycles. The number of hydrogen-bond acceptors (Lipinski definition) is 4. The number of anilines is 1. The number of carbonyl (C=O) groups excluding carboxylic acids is 1. The molecule has 0 heterocycles. The summed E-state index contributed by atoms with van der Waals surface area (Å²) in [5.41, 5.74) is 1.87. The summed E-state index contributed by atoms with van der Waals surface area (Å²) in [5.74, 6) is 0.444. The lowest BCUT2D eigenvalue weighted by Gasteiger charge is -2.24. The second kappa shape index (κ2) is 10.8. The smallest absolute Gasteiger partial charge is 0.251 e. The van der Waals surface area contributed by atoms with Crippen LogP contribution in [0.5, 0.6) is 5.75 Å². The number of sulfonamides is 1. The number of rotatable bonds is 9. The highest BCUT2D eigenvalue weighted by molar-refractivity contribution is 7.92. The molecule has 4 rings (SSSR count). The standard InChI is InChI=1S/C27H25ClN2O4S/c1-35(32,33)30(26-8-4-6-21-5-2-3-7-25(21)26)19-20-9-11-22(12-10-20)27(31)29-17-18-34-24-15-13-23(28)14-16-24/h2-16H,17-19H2,1H3,(H,29,31). The molecular weight excluding hydrogens is 484 g/mol. The van der Waals surface area contributed by atoms with Gasteiger partial charge in [0.05, 0.1) is 25.0 Å². The molecular formula is C27H25ClN2O4S. The Morgan fingerprint density at radius 1 is 0.914 bits per heavy atom. The van der Waals surface area contributed by atoms with E-state index < -0.39 is 10.0 Å². The van der Waals surface area contributed by atoms with Gasteiger partial charge in [0.15, 0.2) is 0 Å². The third kappa shape index (κ3) is 6.32. The summed E-state index contributed by atoms with van der Waals surface area (Å²) in [7, 11) is -3.54. The van der Waals surface area contributed by atoms with Crippen molar-refractivity contribution in [2.24, 2.45) is 0 Å². The minimum Gasteiger partial charge on any atom is -0.492 e. The fraction of sp³-hybridized carbons (Fsp3) is 0.148. The number of hydrogen-bond donors (Lipinski definition) is 1. The quantitative estimate of drug-likeness (QED) is 0.312. The highest BCUT2D eigenvalue weighted by Gasteiger charge is 2.20. The topological polar surface area (TPSA) is 75.7 Å². The second-order valence-corrected chi connectivity index (χ2v) is 10.4. The van der Waals surface area contributed by atoms with Gasteiger partial charge in [0.2, 0.25) is 10.0 Å². The van der Waals surface area contributed by atoms with E-state index in [-0.39, 0.29) is 12.5 Å². The lowest BCUT2D eigenvalue weighted by Crippen LogP contribution is -2.30. The Morgan fingerprint density at radius 3 is 2.31 bits per heavy atom. The van der Waals surface area contributed by atoms with Crippen molar-refractivity contribution in [1.29, 1.82) is 0 Å². The predicted octanol–water partition coefficient (Wildman–Crippen LogP) is 5.27. The molecule has 0 bridgehead atoms. The number of halogens is 1. The molecule has 0 aliphatic rings. The third-order valence-corrected chi connectivity index (χ3v) is 6.83. The van der Waals surface area contributed by atoms with E-state index >= 15 is 0 Å². The first-order chi connectivity index (χ1) is 16.8. The first-order valence-corrected chi connectivity index (χ1v) is 13.2. The maximum absolute atomic E-state index is 12.7. The van der Waals surface area contributed by atoms with Gasteiger partial charge in [-0.1, -0.05) is 60.1 Å². The van der Waals surface area contributed by atoms with E-state index in [4.69, 9.17) is 16.3 Å². The van der Waals surface area contributed by atoms with Crippen molar-refractivity contribution in [2.45, 2.75) is 6.54 Å². The van der Waals surface area contributed by atoms with Crippen LogP contribution in [0.4, 0.5) is 5.69 Å². The molecule has 0 atom stereocenters. The van der Waals surface area contributed by atoms with E-state index in [1.54, 1.807) is 54.6 Å². The van der Waals surface area contributed by atoms with Gasteiger partial charge in [-0.15, -0.1) is 0 Å². The minimum absolute atomic E-state index is 0.156. The number of nitrogens with zero attached hydrogens (tertiary/aromatic N) is 1. The molecule has 8 heteroatoms. The maximum Gasteiger partial charge on any atom is 0.251 e. The van der Waals surface area contributed by atoms with Gasteiger partial charge in [-0.2, -0.15) is 0 Å². The average Bonchev–Trinajstić information content (AvgIpc) is 2.85. The molecule has 4 aromatic carbocycles. The number of carbonyl (C=O) groups is 1. The lowest BCUT2D eigenvalue weighted by atomic mass is 10.1. The molecule has 0 unspecified atom stereocenters. The molecule has 4 aromatic rings. The summed E-state index contributed by atoms with van der Waals surface area (Å²) in [6.45, 7) is 0.815. The zero-order chi connectivity index (χ0) is 24.8. The largest absolute Gasteiger partial charge is 0.492 e. The van der Waals surface area contributed by atoms with Gasteiger partial charge in [-0.25, -0.2) is 8.42 Å². The average molecular weight is 509 g/mol. The zero-order valence-electron chi connectivity index (χ0n) is 19.1. The van der Waals surface area contributed by atoms with Gasteiger partial charge in [-0.05, 0) is 53.4 Å². The molecule has 0 aromatic heterocycles. The molecule has 0 saturated heterocycles. The predicted molar refractivity (Wildman–Crippen MR) is 141 cm³/mol. The molecule has 0 spiro atoms. The van der Waals surface area contributed by atoms with Gasteiger partial charge in [0.1, 0.15) is 12.4 Å². The normalized spacial score (nSPS) is 11.3. The van der Waals surface area contributed by atoms with Gasteiger partial charge >= 0.3 is 0 Å². The van der Waals surface area contributed by atoms with Crippen molar-refractivity contribution in [1.82, 2.24) is 5.32 Å². The Balaban J connectivity index is 1.40. The summed E-state index contributed by atoms with van der Waals surface area (Å²) < 4.78 is 32.3. The summed E-state index contributed by atoms with van der Waals surface area (Å²) in [6.07, 6.45) is 1.20. The first kappa shape index (κ1) is 24.6. The van der Waals surface area contributed by atoms with Crippen molar-refractivity contribution in [2.75, 3.05) is 23.7 Å². The monoisotopic (exact) mass is 508 g/mol. The molecule has 1 amide bonds. The van der Waals surface area contributed by atoms with E-state index in [2.05, 4.69) is 5.32 Å². The van der Waals surface area contributed by atoms with Crippen molar-refractivity contribution in [3.63, 3.8) is 0 Å². The van der Waals surface area contributed by atoms with Gasteiger partial charge in [-0.3, -0.25) is 9.10 Å². The Morgan fingerprint density at radius 2 is 1.60 bits per heavy atom. The zero-order valence-corrected chi connectivity index (χ0v) is 20.7. The van der Waals surface area contributed by atoms with Crippen LogP contribution < -0.4 is 14.4 Å². The fourth-order valence-electron chi connectivity index (χ4n) is 3.70. The highest BCUT2D eigenvalue weighted by Crippen LogP contribution is 2.29. The van der Waals surface area contributed by atoms with Gasteiger partial charge in [0.25, 0.3) is 5.91 Å². The van der Waals surface area contributed by atoms with E-state index in [0.717, 1.165) is 16.3 Å². The van der Waals surface area contributed by atoms with E-state index in [0.29, 0.717) is 35.2 Å². The Hall–Kier alpha value is -3.55. The minimum atomic E-state index is -3.54. The summed E-state index contributed by atoms with van der Waals surface area (Å²) in [5, 5.41) is 5.27. The number of fused-ring (bicyclic) bond motifs is 1. The molecule has 0 aliphatic heterocycles. The number of ether oxygens (including phenoxy) is 1. The fourth-order valence-corrected chi connectivity index (χ4v) is 4.73. The molecule has 1 N–H and O–H groups in total. The van der Waals surface area contributed by atoms with E-state index in [1.165, 1.54) is 10.6 Å². The highest BCUT2D eigenvalue weighted by atomic mass is 35.5. The van der Waals surface area contributed by atoms with Crippen LogP contribution >= 0.6 is 11.6 Å². The maximum atomic E-state index is 12.7. The Kier molecular flexibility index (Phi) is 7.58. The van der Waals surface area contributed by atoms with Crippen LogP contribution in [0.1, 0.15) is 15.9 Å². The van der Waals surface area contributed by atoms with E-state index in [9.17, 15) is 13.2 Å². The van der Waals surface area contributed by atoms with Crippen molar-refractivity contribution in [3.05, 3.63) is 107 Å². The van der Waals surface area contributed by atoms with Gasteiger partial charge < -0.3 is 10.1 Å². The lowest BCUT2D eigenvalue weighted by molar-refractivity contribution is 0.0947. The van der Waals surface area contributed by atoms with Crippen LogP contribution in [0.2, 0.25) is 5.02 Å². The van der Waals surface area contributed by atoms with Crippen molar-refractivity contribution < 1.29 is 17.9 Å². The van der Waals surface area contributed by atoms with Crippen LogP contribution in [0, 0.1) is 0 Å². The SMILES string of the molecule is CS(=O)(=O)N(Cc1ccc(C(=O)NCCOc2ccc(Cl)cc2)cc1)c1cccc2ccccc12. The molecule has 0 radical (unpaired) electrons. The van der Waals surface area contributed by atoms with Gasteiger partial charge in [0, 0.05) is 16.0 Å². The number of nitrogens with one attached hydrogen (secondary N) is 1. The summed E-state index contributed by atoms with van der Waals surface area (Å²) in [6, 6.07) is 27.2. The molecule has 180 valence electrons. The Labute approximate surface area is 210 Å². The summed E-state index contributed by atoms with van der Waals surface area (Å²) in [4.78, 5) is 12.5. The van der Waals surface area contributed by atoms with Crippen LogP contribution in [0.15, 0.2) is 91.0 Å². The first-order valence-electron chi connectivity index (χ1n) is 11.0. The molecule has 0 aliphatic carbocycles. The van der Waals surface area contributed by atoms with Crippen LogP contribution in [-0.2, 0) is 16.6 Å². The second-order valence-electron chi connectivity index (χ2n) is 8.02. The summed E-state index contributed by atoms with van der Waals surface area (Å²) >= 11 is 5.85. The van der Waals surface area contributed by atoms with Crippen molar-refractivity contribution >= 4 is 44.0 Å². The molecule has 6 nitrogen and oxygen atoms in total. The Bertz CT molecular complexity index is 1420. The van der Waals surface area contributed by atoms with Crippen molar-refractivity contribution in [3.8, 4) is 5.75 Å². The van der Waals surface area contributed by atoms with Crippen LogP contribution in [-0.4, -0.2) is 33.7 Å². The van der Waals surface area contributed by atoms with Crippen LogP contribution in [0.25, 0.3) is 10.8 Å². The van der Waals surface area contributed by atoms with E-state index in [1.807, 2.05) is 36.4 Å². The molecule has 35 heavy (non-hydrogen) atoms.